The molecule has 2 aromatic rings. The lowest BCUT2D eigenvalue weighted by molar-refractivity contribution is 0.394. The molecule has 0 aliphatic heterocycles. The van der Waals surface area contributed by atoms with Crippen molar-refractivity contribution in [2.75, 3.05) is 19.5 Å². The zero-order valence-electron chi connectivity index (χ0n) is 13.0. The number of aromatic nitrogens is 3. The maximum absolute atomic E-state index is 5.26. The van der Waals surface area contributed by atoms with Gasteiger partial charge in [0.25, 0.3) is 0 Å². The van der Waals surface area contributed by atoms with Gasteiger partial charge < -0.3 is 14.8 Å². The molecule has 1 heterocycles. The van der Waals surface area contributed by atoms with Gasteiger partial charge in [0, 0.05) is 30.4 Å². The number of rotatable bonds is 7. The number of hydrogen-bond acceptors (Lipinski definition) is 5. The molecule has 0 saturated carbocycles. The summed E-state index contributed by atoms with van der Waals surface area (Å²) in [6, 6.07) is 5.68. The molecule has 0 fully saturated rings. The van der Waals surface area contributed by atoms with Crippen molar-refractivity contribution in [2.24, 2.45) is 5.92 Å². The Balaban J connectivity index is 2.07. The van der Waals surface area contributed by atoms with Crippen LogP contribution in [0.2, 0.25) is 0 Å². The van der Waals surface area contributed by atoms with Gasteiger partial charge >= 0.3 is 0 Å². The standard InChI is InChI=1S/C15H22N4O2/c1-11(2)9-19-15(17-10-18-19)8-16-12-5-13(20-3)7-14(6-12)21-4/h5-7,10-11,16H,8-9H2,1-4H3. The third-order valence-electron chi connectivity index (χ3n) is 3.04. The first-order chi connectivity index (χ1) is 10.1. The molecule has 1 N–H and O–H groups in total. The quantitative estimate of drug-likeness (QED) is 0.849. The van der Waals surface area contributed by atoms with E-state index in [0.29, 0.717) is 12.5 Å². The number of hydrogen-bond donors (Lipinski definition) is 1. The number of benzene rings is 1. The molecular formula is C15H22N4O2. The maximum Gasteiger partial charge on any atom is 0.146 e. The fraction of sp³-hybridized carbons (Fsp3) is 0.467. The van der Waals surface area contributed by atoms with Gasteiger partial charge in [-0.15, -0.1) is 0 Å². The Morgan fingerprint density at radius 3 is 2.38 bits per heavy atom. The molecule has 2 rings (SSSR count). The van der Waals surface area contributed by atoms with E-state index < -0.39 is 0 Å². The minimum atomic E-state index is 0.530. The molecule has 0 unspecified atom stereocenters. The smallest absolute Gasteiger partial charge is 0.146 e. The molecule has 0 bridgehead atoms. The van der Waals surface area contributed by atoms with Crippen LogP contribution in [0.1, 0.15) is 19.7 Å². The second-order valence-corrected chi connectivity index (χ2v) is 5.21. The molecule has 6 heteroatoms. The molecule has 6 nitrogen and oxygen atoms in total. The van der Waals surface area contributed by atoms with Gasteiger partial charge in [0.05, 0.1) is 20.8 Å². The van der Waals surface area contributed by atoms with E-state index in [2.05, 4.69) is 29.2 Å². The van der Waals surface area contributed by atoms with Crippen molar-refractivity contribution in [3.05, 3.63) is 30.4 Å². The monoisotopic (exact) mass is 290 g/mol. The number of methoxy groups -OCH3 is 2. The summed E-state index contributed by atoms with van der Waals surface area (Å²) in [6.45, 7) is 5.78. The molecule has 0 amide bonds. The van der Waals surface area contributed by atoms with Crippen LogP contribution in [-0.2, 0) is 13.1 Å². The summed E-state index contributed by atoms with van der Waals surface area (Å²) in [5.41, 5.74) is 0.922. The van der Waals surface area contributed by atoms with Crippen molar-refractivity contribution in [1.29, 1.82) is 0 Å². The molecule has 0 spiro atoms. The van der Waals surface area contributed by atoms with Crippen LogP contribution in [0.3, 0.4) is 0 Å². The fourth-order valence-electron chi connectivity index (χ4n) is 2.01. The summed E-state index contributed by atoms with van der Waals surface area (Å²) in [4.78, 5) is 4.30. The van der Waals surface area contributed by atoms with E-state index in [9.17, 15) is 0 Å². The van der Waals surface area contributed by atoms with Crippen molar-refractivity contribution >= 4 is 5.69 Å². The third-order valence-corrected chi connectivity index (χ3v) is 3.04. The number of nitrogens with zero attached hydrogens (tertiary/aromatic N) is 3. The van der Waals surface area contributed by atoms with Crippen LogP contribution in [0.5, 0.6) is 11.5 Å². The first-order valence-electron chi connectivity index (χ1n) is 6.96. The Morgan fingerprint density at radius 2 is 1.81 bits per heavy atom. The van der Waals surface area contributed by atoms with Crippen LogP contribution in [0.4, 0.5) is 5.69 Å². The van der Waals surface area contributed by atoms with Crippen LogP contribution in [0.25, 0.3) is 0 Å². The van der Waals surface area contributed by atoms with E-state index in [1.54, 1.807) is 20.5 Å². The Morgan fingerprint density at radius 1 is 1.14 bits per heavy atom. The summed E-state index contributed by atoms with van der Waals surface area (Å²) in [6.07, 6.45) is 1.59. The highest BCUT2D eigenvalue weighted by atomic mass is 16.5. The molecular weight excluding hydrogens is 268 g/mol. The van der Waals surface area contributed by atoms with Crippen LogP contribution >= 0.6 is 0 Å². The maximum atomic E-state index is 5.26. The lowest BCUT2D eigenvalue weighted by Gasteiger charge is -2.12. The predicted octanol–water partition coefficient (Wildman–Crippen LogP) is 2.56. The highest BCUT2D eigenvalue weighted by molar-refractivity contribution is 5.53. The largest absolute Gasteiger partial charge is 0.497 e. The van der Waals surface area contributed by atoms with Crippen LogP contribution in [0.15, 0.2) is 24.5 Å². The molecule has 0 aliphatic carbocycles. The average Bonchev–Trinajstić information content (AvgIpc) is 2.91. The van der Waals surface area contributed by atoms with Gasteiger partial charge in [-0.2, -0.15) is 5.10 Å². The fourth-order valence-corrected chi connectivity index (χ4v) is 2.01. The minimum Gasteiger partial charge on any atom is -0.497 e. The molecule has 114 valence electrons. The lowest BCUT2D eigenvalue weighted by atomic mass is 10.2. The van der Waals surface area contributed by atoms with Gasteiger partial charge in [-0.25, -0.2) is 9.67 Å². The second kappa shape index (κ2) is 6.97. The molecule has 0 radical (unpaired) electrons. The van der Waals surface area contributed by atoms with Crippen molar-refractivity contribution in [2.45, 2.75) is 26.9 Å². The molecule has 21 heavy (non-hydrogen) atoms. The molecule has 0 atom stereocenters. The lowest BCUT2D eigenvalue weighted by Crippen LogP contribution is -2.13. The van der Waals surface area contributed by atoms with Gasteiger partial charge in [0.1, 0.15) is 23.7 Å². The van der Waals surface area contributed by atoms with Gasteiger partial charge in [0.2, 0.25) is 0 Å². The third kappa shape index (κ3) is 4.11. The van der Waals surface area contributed by atoms with E-state index in [1.165, 1.54) is 0 Å². The van der Waals surface area contributed by atoms with Gasteiger partial charge in [-0.3, -0.25) is 0 Å². The van der Waals surface area contributed by atoms with Crippen molar-refractivity contribution in [3.63, 3.8) is 0 Å². The molecule has 1 aromatic heterocycles. The minimum absolute atomic E-state index is 0.530. The first-order valence-corrected chi connectivity index (χ1v) is 6.96. The Kier molecular flexibility index (Phi) is 5.03. The molecule has 1 aromatic carbocycles. The van der Waals surface area contributed by atoms with Gasteiger partial charge in [0.15, 0.2) is 0 Å². The normalized spacial score (nSPS) is 10.7. The summed E-state index contributed by atoms with van der Waals surface area (Å²) in [5, 5.41) is 7.58. The number of nitrogens with one attached hydrogen (secondary N) is 1. The van der Waals surface area contributed by atoms with Gasteiger partial charge in [-0.05, 0) is 5.92 Å². The Hall–Kier alpha value is -2.24. The topological polar surface area (TPSA) is 61.2 Å². The summed E-state index contributed by atoms with van der Waals surface area (Å²) in [5.74, 6) is 2.94. The predicted molar refractivity (Wildman–Crippen MR) is 81.7 cm³/mol. The highest BCUT2D eigenvalue weighted by Crippen LogP contribution is 2.25. The van der Waals surface area contributed by atoms with Crippen molar-refractivity contribution in [1.82, 2.24) is 14.8 Å². The van der Waals surface area contributed by atoms with E-state index in [-0.39, 0.29) is 0 Å². The van der Waals surface area contributed by atoms with E-state index >= 15 is 0 Å². The summed E-state index contributed by atoms with van der Waals surface area (Å²) >= 11 is 0. The second-order valence-electron chi connectivity index (χ2n) is 5.21. The molecule has 0 saturated heterocycles. The summed E-state index contributed by atoms with van der Waals surface area (Å²) in [7, 11) is 3.27. The van der Waals surface area contributed by atoms with E-state index in [4.69, 9.17) is 9.47 Å². The van der Waals surface area contributed by atoms with Crippen LogP contribution in [0, 0.1) is 5.92 Å². The first kappa shape index (κ1) is 15.2. The van der Waals surface area contributed by atoms with Crippen molar-refractivity contribution in [3.8, 4) is 11.5 Å². The van der Waals surface area contributed by atoms with Gasteiger partial charge in [-0.1, -0.05) is 13.8 Å². The Labute approximate surface area is 125 Å². The average molecular weight is 290 g/mol. The SMILES string of the molecule is COc1cc(NCc2ncnn2CC(C)C)cc(OC)c1. The van der Waals surface area contributed by atoms with Crippen LogP contribution < -0.4 is 14.8 Å². The van der Waals surface area contributed by atoms with Crippen LogP contribution in [-0.4, -0.2) is 29.0 Å². The highest BCUT2D eigenvalue weighted by Gasteiger charge is 2.07. The zero-order chi connectivity index (χ0) is 15.2. The molecule has 0 aliphatic rings. The van der Waals surface area contributed by atoms with Crippen molar-refractivity contribution < 1.29 is 9.47 Å². The number of ether oxygens (including phenoxy) is 2. The Bertz CT molecular complexity index is 559. The van der Waals surface area contributed by atoms with E-state index in [1.807, 2.05) is 22.9 Å². The van der Waals surface area contributed by atoms with E-state index in [0.717, 1.165) is 29.6 Å². The zero-order valence-corrected chi connectivity index (χ0v) is 13.0. The number of anilines is 1. The summed E-state index contributed by atoms with van der Waals surface area (Å²) < 4.78 is 12.4.